The molecule has 0 aromatic carbocycles. The van der Waals surface area contributed by atoms with Gasteiger partial charge in [-0.1, -0.05) is 0 Å². The average molecular weight is 299 g/mol. The van der Waals surface area contributed by atoms with Gasteiger partial charge in [0.05, 0.1) is 6.61 Å². The number of hydrogen-bond donors (Lipinski definition) is 7. The smallest absolute Gasteiger partial charge is 0.278 e. The molecule has 0 aliphatic carbocycles. The van der Waals surface area contributed by atoms with Gasteiger partial charge in [0.1, 0.15) is 18.3 Å². The standard InChI is InChI=1S/C10H13N5O6/c11-9-14-6-3(7(19)15-9)12-8(13-6)10(20)5(18)4(17)2(1-16)21-10/h2,4-5,16-18,20H,1H2,(H4,11,12,13,14,15,19)/t2-,4-,5-,10-/m1/s1. The molecule has 8 N–H and O–H groups in total. The number of ether oxygens (including phenoxy) is 1. The molecule has 0 radical (unpaired) electrons. The monoisotopic (exact) mass is 299 g/mol. The second-order valence-electron chi connectivity index (χ2n) is 4.71. The zero-order valence-corrected chi connectivity index (χ0v) is 10.5. The highest BCUT2D eigenvalue weighted by molar-refractivity contribution is 5.70. The molecular weight excluding hydrogens is 286 g/mol. The summed E-state index contributed by atoms with van der Waals surface area (Å²) < 4.78 is 5.05. The van der Waals surface area contributed by atoms with Crippen molar-refractivity contribution in [2.24, 2.45) is 0 Å². The quantitative estimate of drug-likeness (QED) is 0.294. The molecule has 1 aliphatic heterocycles. The highest BCUT2D eigenvalue weighted by atomic mass is 16.7. The third-order valence-corrected chi connectivity index (χ3v) is 3.34. The van der Waals surface area contributed by atoms with Crippen LogP contribution in [0.2, 0.25) is 0 Å². The minimum absolute atomic E-state index is 0.0784. The SMILES string of the molecule is Nc1nc2nc([C@]3(O)O[C@H](CO)[C@@H](O)[C@H]3O)[nH]c2c(=O)[nH]1. The number of nitrogens with zero attached hydrogens (tertiary/aromatic N) is 2. The van der Waals surface area contributed by atoms with Gasteiger partial charge in [0, 0.05) is 0 Å². The lowest BCUT2D eigenvalue weighted by molar-refractivity contribution is -0.244. The number of nitrogens with one attached hydrogen (secondary N) is 2. The van der Waals surface area contributed by atoms with Gasteiger partial charge in [0.15, 0.2) is 17.0 Å². The Kier molecular flexibility index (Phi) is 2.96. The van der Waals surface area contributed by atoms with Crippen LogP contribution in [-0.4, -0.2) is 65.3 Å². The van der Waals surface area contributed by atoms with Crippen molar-refractivity contribution in [3.63, 3.8) is 0 Å². The lowest BCUT2D eigenvalue weighted by Gasteiger charge is -2.23. The fraction of sp³-hybridized carbons (Fsp3) is 0.500. The molecule has 2 aromatic heterocycles. The Hall–Kier alpha value is -2.05. The number of H-pyrrole nitrogens is 2. The maximum Gasteiger partial charge on any atom is 0.278 e. The van der Waals surface area contributed by atoms with E-state index in [9.17, 15) is 20.1 Å². The van der Waals surface area contributed by atoms with Crippen molar-refractivity contribution in [3.05, 3.63) is 16.2 Å². The second kappa shape index (κ2) is 4.47. The summed E-state index contributed by atoms with van der Waals surface area (Å²) in [5.41, 5.74) is 4.59. The van der Waals surface area contributed by atoms with Gasteiger partial charge in [0.2, 0.25) is 5.95 Å². The van der Waals surface area contributed by atoms with E-state index in [0.717, 1.165) is 0 Å². The van der Waals surface area contributed by atoms with Gasteiger partial charge in [0.25, 0.3) is 11.3 Å². The molecule has 3 rings (SSSR count). The Balaban J connectivity index is 2.12. The van der Waals surface area contributed by atoms with Gasteiger partial charge < -0.3 is 35.9 Å². The third kappa shape index (κ3) is 1.91. The minimum atomic E-state index is -2.41. The van der Waals surface area contributed by atoms with Crippen molar-refractivity contribution in [3.8, 4) is 0 Å². The minimum Gasteiger partial charge on any atom is -0.394 e. The van der Waals surface area contributed by atoms with Gasteiger partial charge >= 0.3 is 0 Å². The Bertz CT molecular complexity index is 743. The summed E-state index contributed by atoms with van der Waals surface area (Å²) >= 11 is 0. The van der Waals surface area contributed by atoms with Crippen molar-refractivity contribution in [2.45, 2.75) is 24.1 Å². The molecule has 1 saturated heterocycles. The van der Waals surface area contributed by atoms with Gasteiger partial charge in [-0.15, -0.1) is 0 Å². The van der Waals surface area contributed by atoms with E-state index in [1.807, 2.05) is 0 Å². The molecular formula is C10H13N5O6. The van der Waals surface area contributed by atoms with Crippen LogP contribution in [0.15, 0.2) is 4.79 Å². The number of nitrogen functional groups attached to an aromatic ring is 1. The molecule has 1 aliphatic rings. The number of fused-ring (bicyclic) bond motifs is 1. The van der Waals surface area contributed by atoms with Crippen LogP contribution in [0.5, 0.6) is 0 Å². The summed E-state index contributed by atoms with van der Waals surface area (Å²) in [5, 5.41) is 39.0. The number of hydrogen-bond acceptors (Lipinski definition) is 9. The molecule has 0 unspecified atom stereocenters. The maximum absolute atomic E-state index is 11.7. The van der Waals surface area contributed by atoms with Crippen LogP contribution in [0.3, 0.4) is 0 Å². The van der Waals surface area contributed by atoms with Crippen molar-refractivity contribution >= 4 is 17.1 Å². The lowest BCUT2D eigenvalue weighted by atomic mass is 10.1. The Labute approximate surface area is 116 Å². The molecule has 0 spiro atoms. The van der Waals surface area contributed by atoms with Crippen molar-refractivity contribution in [1.29, 1.82) is 0 Å². The highest BCUT2D eigenvalue weighted by Crippen LogP contribution is 2.36. The average Bonchev–Trinajstić information content (AvgIpc) is 2.95. The molecule has 0 amide bonds. The van der Waals surface area contributed by atoms with E-state index >= 15 is 0 Å². The van der Waals surface area contributed by atoms with E-state index in [-0.39, 0.29) is 22.9 Å². The van der Waals surface area contributed by atoms with Gasteiger partial charge in [-0.3, -0.25) is 9.78 Å². The molecule has 11 nitrogen and oxygen atoms in total. The first-order chi connectivity index (χ1) is 9.86. The van der Waals surface area contributed by atoms with Crippen LogP contribution >= 0.6 is 0 Å². The lowest BCUT2D eigenvalue weighted by Crippen LogP contribution is -2.41. The fourth-order valence-corrected chi connectivity index (χ4v) is 2.24. The van der Waals surface area contributed by atoms with E-state index in [1.54, 1.807) is 0 Å². The summed E-state index contributed by atoms with van der Waals surface area (Å²) in [4.78, 5) is 24.0. The molecule has 4 atom stereocenters. The van der Waals surface area contributed by atoms with Gasteiger partial charge in [-0.2, -0.15) is 4.98 Å². The van der Waals surface area contributed by atoms with Crippen molar-refractivity contribution in [1.82, 2.24) is 19.9 Å². The summed E-state index contributed by atoms with van der Waals surface area (Å²) in [7, 11) is 0. The zero-order chi connectivity index (χ0) is 15.4. The number of aromatic nitrogens is 4. The number of rotatable bonds is 2. The van der Waals surface area contributed by atoms with Crippen LogP contribution in [0, 0.1) is 0 Å². The van der Waals surface area contributed by atoms with Crippen LogP contribution in [0.25, 0.3) is 11.2 Å². The second-order valence-corrected chi connectivity index (χ2v) is 4.71. The number of aliphatic hydroxyl groups is 4. The first-order valence-electron chi connectivity index (χ1n) is 6.00. The van der Waals surface area contributed by atoms with E-state index < -0.39 is 36.3 Å². The van der Waals surface area contributed by atoms with Crippen LogP contribution in [0.1, 0.15) is 5.82 Å². The van der Waals surface area contributed by atoms with Gasteiger partial charge in [-0.05, 0) is 0 Å². The maximum atomic E-state index is 11.7. The molecule has 1 fully saturated rings. The highest BCUT2D eigenvalue weighted by Gasteiger charge is 2.56. The largest absolute Gasteiger partial charge is 0.394 e. The molecule has 0 saturated carbocycles. The van der Waals surface area contributed by atoms with Crippen LogP contribution in [-0.2, 0) is 10.5 Å². The summed E-state index contributed by atoms with van der Waals surface area (Å²) in [6, 6.07) is 0. The van der Waals surface area contributed by atoms with Crippen molar-refractivity contribution in [2.75, 3.05) is 12.3 Å². The number of nitrogens with two attached hydrogens (primary N) is 1. The molecule has 11 heteroatoms. The number of imidazole rings is 1. The fourth-order valence-electron chi connectivity index (χ4n) is 2.24. The first-order valence-corrected chi connectivity index (χ1v) is 6.00. The summed E-state index contributed by atoms with van der Waals surface area (Å²) in [6.45, 7) is -0.619. The number of aliphatic hydroxyl groups excluding tert-OH is 3. The molecule has 0 bridgehead atoms. The predicted octanol–water partition coefficient (Wildman–Crippen LogP) is -3.51. The molecule has 2 aromatic rings. The Morgan fingerprint density at radius 3 is 2.67 bits per heavy atom. The van der Waals surface area contributed by atoms with Gasteiger partial charge in [-0.25, -0.2) is 4.98 Å². The summed E-state index contributed by atoms with van der Waals surface area (Å²) in [5.74, 6) is -2.91. The number of anilines is 1. The van der Waals surface area contributed by atoms with E-state index in [0.29, 0.717) is 0 Å². The van der Waals surface area contributed by atoms with E-state index in [2.05, 4.69) is 19.9 Å². The zero-order valence-electron chi connectivity index (χ0n) is 10.5. The normalized spacial score (nSPS) is 32.9. The van der Waals surface area contributed by atoms with E-state index in [4.69, 9.17) is 15.6 Å². The summed E-state index contributed by atoms with van der Waals surface area (Å²) in [6.07, 6.45) is -4.49. The predicted molar refractivity (Wildman–Crippen MR) is 66.8 cm³/mol. The van der Waals surface area contributed by atoms with Crippen molar-refractivity contribution < 1.29 is 25.2 Å². The number of aromatic amines is 2. The van der Waals surface area contributed by atoms with E-state index in [1.165, 1.54) is 0 Å². The molecule has 3 heterocycles. The van der Waals surface area contributed by atoms with Crippen LogP contribution in [0.4, 0.5) is 5.95 Å². The Morgan fingerprint density at radius 1 is 1.33 bits per heavy atom. The molecule has 21 heavy (non-hydrogen) atoms. The topological polar surface area (TPSA) is 191 Å². The third-order valence-electron chi connectivity index (χ3n) is 3.34. The first kappa shape index (κ1) is 13.9. The Morgan fingerprint density at radius 2 is 2.05 bits per heavy atom. The molecule has 114 valence electrons. The van der Waals surface area contributed by atoms with Crippen LogP contribution < -0.4 is 11.3 Å².